The fourth-order valence-corrected chi connectivity index (χ4v) is 13.6. The molecule has 6 aliphatic rings. The predicted molar refractivity (Wildman–Crippen MR) is 215 cm³/mol. The smallest absolute Gasteiger partial charge is 0.309 e. The van der Waals surface area contributed by atoms with E-state index in [9.17, 15) is 24.3 Å². The van der Waals surface area contributed by atoms with Crippen molar-refractivity contribution in [3.05, 3.63) is 46.0 Å². The number of carboxylic acids is 1. The lowest BCUT2D eigenvalue weighted by molar-refractivity contribution is -0.232. The maximum Gasteiger partial charge on any atom is 0.309 e. The fourth-order valence-electron chi connectivity index (χ4n) is 13.5. The molecule has 9 nitrogen and oxygen atoms in total. The first-order valence-electron chi connectivity index (χ1n) is 21.2. The second-order valence-corrected chi connectivity index (χ2v) is 21.6. The summed E-state index contributed by atoms with van der Waals surface area (Å²) in [5, 5.41) is 13.3. The summed E-state index contributed by atoms with van der Waals surface area (Å²) >= 11 is 6.06. The number of hydrogen-bond acceptors (Lipinski definition) is 7. The zero-order chi connectivity index (χ0) is 41.0. The number of Topliss-reactive ketones (excluding diaryl/α,β-unsaturated/α-hetero) is 1. The number of halogens is 1. The van der Waals surface area contributed by atoms with Gasteiger partial charge in [-0.2, -0.15) is 0 Å². The number of aliphatic carboxylic acids is 1. The quantitative estimate of drug-likeness (QED) is 0.187. The Morgan fingerprint density at radius 2 is 1.61 bits per heavy atom. The zero-order valence-corrected chi connectivity index (χ0v) is 36.1. The number of aromatic nitrogens is 2. The van der Waals surface area contributed by atoms with E-state index in [2.05, 4.69) is 69.8 Å². The first kappa shape index (κ1) is 41.1. The van der Waals surface area contributed by atoms with Gasteiger partial charge in [-0.25, -0.2) is 9.97 Å². The number of hydrogen-bond donors (Lipinski definition) is 2. The topological polar surface area (TPSA) is 136 Å². The molecule has 0 saturated heterocycles. The average molecular weight is 790 g/mol. The van der Waals surface area contributed by atoms with Crippen LogP contribution in [0.3, 0.4) is 0 Å². The molecule has 10 heteroatoms. The van der Waals surface area contributed by atoms with E-state index >= 15 is 0 Å². The number of amides is 1. The molecule has 306 valence electrons. The third-order valence-electron chi connectivity index (χ3n) is 16.9. The van der Waals surface area contributed by atoms with Gasteiger partial charge in [0.2, 0.25) is 5.91 Å². The van der Waals surface area contributed by atoms with Crippen LogP contribution in [0.1, 0.15) is 152 Å². The van der Waals surface area contributed by atoms with E-state index in [1.165, 1.54) is 5.57 Å². The summed E-state index contributed by atoms with van der Waals surface area (Å²) < 4.78 is 6.18. The maximum atomic E-state index is 14.2. The molecule has 5 fully saturated rings. The van der Waals surface area contributed by atoms with Crippen LogP contribution in [0, 0.1) is 56.2 Å². The highest BCUT2D eigenvalue weighted by atomic mass is 35.5. The predicted octanol–water partition coefficient (Wildman–Crippen LogP) is 9.58. The van der Waals surface area contributed by atoms with Gasteiger partial charge in [-0.1, -0.05) is 66.1 Å². The van der Waals surface area contributed by atoms with Gasteiger partial charge in [-0.3, -0.25) is 19.2 Å². The number of ether oxygens (including phenoxy) is 1. The third kappa shape index (κ3) is 6.22. The van der Waals surface area contributed by atoms with Gasteiger partial charge in [-0.15, -0.1) is 0 Å². The van der Waals surface area contributed by atoms with E-state index in [4.69, 9.17) is 16.3 Å². The minimum Gasteiger partial charge on any atom is -0.481 e. The normalized spacial score (nSPS) is 37.2. The molecule has 0 aromatic carbocycles. The van der Waals surface area contributed by atoms with Crippen molar-refractivity contribution in [1.29, 1.82) is 0 Å². The number of ketones is 1. The molecule has 1 aromatic heterocycles. The van der Waals surface area contributed by atoms with Gasteiger partial charge in [0.05, 0.1) is 16.9 Å². The van der Waals surface area contributed by atoms with Crippen LogP contribution in [0.4, 0.5) is 0 Å². The molecular weight excluding hydrogens is 726 g/mol. The molecule has 0 spiro atoms. The lowest BCUT2D eigenvalue weighted by Gasteiger charge is -2.72. The van der Waals surface area contributed by atoms with Crippen molar-refractivity contribution in [2.24, 2.45) is 56.2 Å². The van der Waals surface area contributed by atoms with Gasteiger partial charge >= 0.3 is 11.9 Å². The third-order valence-corrected chi connectivity index (χ3v) is 17.1. The molecule has 6 aliphatic carbocycles. The molecule has 1 aromatic rings. The molecular formula is C46H64ClN3O6. The van der Waals surface area contributed by atoms with E-state index in [0.717, 1.165) is 69.8 Å². The lowest BCUT2D eigenvalue weighted by Crippen LogP contribution is -2.65. The number of esters is 1. The molecule has 3 unspecified atom stereocenters. The molecule has 8 atom stereocenters. The van der Waals surface area contributed by atoms with Crippen molar-refractivity contribution in [2.45, 2.75) is 158 Å². The molecule has 0 radical (unpaired) electrons. The van der Waals surface area contributed by atoms with Crippen LogP contribution in [-0.4, -0.2) is 44.8 Å². The highest BCUT2D eigenvalue weighted by molar-refractivity contribution is 6.30. The number of allylic oxidation sites excluding steroid dienone is 3. The van der Waals surface area contributed by atoms with E-state index in [-0.39, 0.29) is 57.7 Å². The molecule has 0 bridgehead atoms. The Balaban J connectivity index is 1.16. The van der Waals surface area contributed by atoms with Gasteiger partial charge in [0.25, 0.3) is 0 Å². The second-order valence-electron chi connectivity index (χ2n) is 21.1. The van der Waals surface area contributed by atoms with Gasteiger partial charge in [0.1, 0.15) is 11.6 Å². The SMILES string of the molecule is C/C(=C\[C@@]12CC[C@]3(C)[C@H](CCC4C5(C)CC[C@H](OC(=O)CC(C)(C)C(=O)O)C(C)(C)C5CC[C@]43C)C1=C(C(C)C)C(=O)C2)C(=O)NC1(c2ncc(Cl)cn2)CC1. The molecule has 7 rings (SSSR count). The van der Waals surface area contributed by atoms with Gasteiger partial charge in [0.15, 0.2) is 11.6 Å². The monoisotopic (exact) mass is 789 g/mol. The molecule has 1 amide bonds. The molecule has 56 heavy (non-hydrogen) atoms. The Morgan fingerprint density at radius 3 is 2.21 bits per heavy atom. The summed E-state index contributed by atoms with van der Waals surface area (Å²) in [6, 6.07) is 0. The van der Waals surface area contributed by atoms with Gasteiger partial charge in [0, 0.05) is 35.2 Å². The first-order valence-corrected chi connectivity index (χ1v) is 21.5. The van der Waals surface area contributed by atoms with Gasteiger partial charge < -0.3 is 15.2 Å². The fraction of sp³-hybridized carbons (Fsp3) is 0.739. The summed E-state index contributed by atoms with van der Waals surface area (Å²) in [5.74, 6) is 0.424. The number of nitrogens with one attached hydrogen (secondary N) is 1. The minimum atomic E-state index is -1.18. The van der Waals surface area contributed by atoms with E-state index in [1.54, 1.807) is 26.2 Å². The number of rotatable bonds is 9. The summed E-state index contributed by atoms with van der Waals surface area (Å²) in [4.78, 5) is 61.9. The standard InChI is InChI=1S/C46H64ClN3O6/c1-26(2)35-30(51)22-45(21-27(3)37(53)50-46(19-20-46)38-48-24-28(47)25-49-38)18-17-43(9)29(36(35)45)11-12-32-42(8)15-14-33(56-34(52)23-40(4,5)39(54)55)41(6,7)31(42)13-16-44(32,43)10/h21,24-26,29,31-33H,11-20,22-23H2,1-10H3,(H,50,53)(H,54,55)/b27-21+/t29-,31?,32?,33+,42?,43-,44-,45-/m1/s1. The van der Waals surface area contributed by atoms with Gasteiger partial charge in [-0.05, 0) is 136 Å². The van der Waals surface area contributed by atoms with Crippen molar-refractivity contribution in [3.8, 4) is 0 Å². The molecule has 5 saturated carbocycles. The van der Waals surface area contributed by atoms with Crippen LogP contribution < -0.4 is 5.32 Å². The Kier molecular flexibility index (Phi) is 9.90. The highest BCUT2D eigenvalue weighted by Gasteiger charge is 2.70. The Hall–Kier alpha value is -3.07. The first-order chi connectivity index (χ1) is 26.0. The minimum absolute atomic E-state index is 0.0304. The highest BCUT2D eigenvalue weighted by Crippen LogP contribution is 2.77. The Morgan fingerprint density at radius 1 is 0.946 bits per heavy atom. The number of carbonyl (C=O) groups is 4. The van der Waals surface area contributed by atoms with Crippen LogP contribution in [0.25, 0.3) is 0 Å². The van der Waals surface area contributed by atoms with E-state index < -0.39 is 28.3 Å². The van der Waals surface area contributed by atoms with Crippen molar-refractivity contribution in [2.75, 3.05) is 0 Å². The number of carbonyl (C=O) groups excluding carboxylic acids is 3. The average Bonchev–Trinajstić information content (AvgIpc) is 3.81. The van der Waals surface area contributed by atoms with Crippen molar-refractivity contribution < 1.29 is 29.0 Å². The second kappa shape index (κ2) is 13.5. The maximum absolute atomic E-state index is 14.2. The molecule has 1 heterocycles. The van der Waals surface area contributed by atoms with Crippen molar-refractivity contribution >= 4 is 35.2 Å². The summed E-state index contributed by atoms with van der Waals surface area (Å²) in [7, 11) is 0. The summed E-state index contributed by atoms with van der Waals surface area (Å²) in [5.41, 5.74) is 0.509. The largest absolute Gasteiger partial charge is 0.481 e. The van der Waals surface area contributed by atoms with Crippen molar-refractivity contribution in [1.82, 2.24) is 15.3 Å². The van der Waals surface area contributed by atoms with Crippen LogP contribution >= 0.6 is 11.6 Å². The number of nitrogens with zero attached hydrogens (tertiary/aromatic N) is 2. The van der Waals surface area contributed by atoms with Crippen LogP contribution in [0.5, 0.6) is 0 Å². The van der Waals surface area contributed by atoms with E-state index in [1.807, 2.05) is 6.92 Å². The Labute approximate surface area is 338 Å². The van der Waals surface area contributed by atoms with Crippen LogP contribution in [0.15, 0.2) is 35.2 Å². The zero-order valence-electron chi connectivity index (χ0n) is 35.4. The van der Waals surface area contributed by atoms with Crippen LogP contribution in [0.2, 0.25) is 5.02 Å². The lowest BCUT2D eigenvalue weighted by atomic mass is 9.33. The number of carboxylic acid groups (broad SMARTS) is 1. The number of fused-ring (bicyclic) bond motifs is 7. The van der Waals surface area contributed by atoms with E-state index in [0.29, 0.717) is 34.7 Å². The molecule has 0 aliphatic heterocycles. The molecule has 2 N–H and O–H groups in total. The summed E-state index contributed by atoms with van der Waals surface area (Å²) in [6.45, 7) is 21.5. The van der Waals surface area contributed by atoms with Crippen LogP contribution in [-0.2, 0) is 29.5 Å². The Bertz CT molecular complexity index is 1900. The summed E-state index contributed by atoms with van der Waals surface area (Å²) in [6.07, 6.45) is 14.6. The van der Waals surface area contributed by atoms with Crippen molar-refractivity contribution in [3.63, 3.8) is 0 Å².